The van der Waals surface area contributed by atoms with Gasteiger partial charge in [0.15, 0.2) is 5.69 Å². The van der Waals surface area contributed by atoms with E-state index in [1.807, 2.05) is 25.7 Å². The van der Waals surface area contributed by atoms with Crippen LogP contribution in [0.2, 0.25) is 0 Å². The number of pyridine rings is 1. The summed E-state index contributed by atoms with van der Waals surface area (Å²) in [6, 6.07) is 8.93. The van der Waals surface area contributed by atoms with Crippen molar-refractivity contribution in [2.45, 2.75) is 52.6 Å². The van der Waals surface area contributed by atoms with Crippen LogP contribution in [0.25, 0.3) is 0 Å². The quantitative estimate of drug-likeness (QED) is 0.483. The van der Waals surface area contributed by atoms with Crippen LogP contribution >= 0.6 is 0 Å². The van der Waals surface area contributed by atoms with E-state index >= 15 is 0 Å². The molecule has 1 atom stereocenters. The van der Waals surface area contributed by atoms with Crippen LogP contribution in [-0.2, 0) is 25.8 Å². The first-order chi connectivity index (χ1) is 15.6. The average Bonchev–Trinajstić information content (AvgIpc) is 3.25. The lowest BCUT2D eigenvalue weighted by Crippen LogP contribution is -2.36. The molecular formula is C24H27F3N4O2. The van der Waals surface area contributed by atoms with Crippen molar-refractivity contribution in [3.63, 3.8) is 0 Å². The molecule has 2 heterocycles. The number of benzene rings is 1. The number of amides is 1. The van der Waals surface area contributed by atoms with E-state index in [2.05, 4.69) is 15.3 Å². The molecule has 6 nitrogen and oxygen atoms in total. The van der Waals surface area contributed by atoms with E-state index in [0.717, 1.165) is 17.7 Å². The number of nitrogens with one attached hydrogen (secondary N) is 1. The van der Waals surface area contributed by atoms with Gasteiger partial charge in [0.25, 0.3) is 5.91 Å². The first kappa shape index (κ1) is 24.4. The monoisotopic (exact) mass is 460 g/mol. The van der Waals surface area contributed by atoms with Crippen LogP contribution in [0.3, 0.4) is 0 Å². The maximum atomic E-state index is 13.1. The molecule has 9 heteroatoms. The summed E-state index contributed by atoms with van der Waals surface area (Å²) >= 11 is 0. The Morgan fingerprint density at radius 2 is 1.82 bits per heavy atom. The van der Waals surface area contributed by atoms with Gasteiger partial charge in [-0.15, -0.1) is 0 Å². The largest absolute Gasteiger partial charge is 0.447 e. The first-order valence-corrected chi connectivity index (χ1v) is 10.6. The van der Waals surface area contributed by atoms with Gasteiger partial charge in [0.05, 0.1) is 12.1 Å². The Hall–Kier alpha value is -3.20. The van der Waals surface area contributed by atoms with E-state index in [1.54, 1.807) is 30.6 Å². The molecule has 0 radical (unpaired) electrons. The number of aromatic nitrogens is 2. The third-order valence-corrected chi connectivity index (χ3v) is 5.51. The smallest absolute Gasteiger partial charge is 0.416 e. The van der Waals surface area contributed by atoms with Crippen molar-refractivity contribution in [1.29, 1.82) is 0 Å². The lowest BCUT2D eigenvalue weighted by Gasteiger charge is -2.31. The maximum Gasteiger partial charge on any atom is 0.416 e. The van der Waals surface area contributed by atoms with Crippen molar-refractivity contribution in [3.8, 4) is 0 Å². The van der Waals surface area contributed by atoms with Crippen LogP contribution in [0.1, 0.15) is 53.8 Å². The van der Waals surface area contributed by atoms with Crippen molar-refractivity contribution in [1.82, 2.24) is 20.2 Å². The Kier molecular flexibility index (Phi) is 7.86. The fraction of sp³-hybridized carbons (Fsp3) is 0.375. The Balaban J connectivity index is 1.70. The molecule has 0 aliphatic rings. The fourth-order valence-electron chi connectivity index (χ4n) is 3.28. The van der Waals surface area contributed by atoms with Crippen LogP contribution in [0.4, 0.5) is 13.2 Å². The lowest BCUT2D eigenvalue weighted by molar-refractivity contribution is -0.137. The van der Waals surface area contributed by atoms with Crippen LogP contribution in [0, 0.1) is 5.92 Å². The number of rotatable bonds is 9. The molecule has 2 aromatic heterocycles. The molecule has 3 rings (SSSR count). The van der Waals surface area contributed by atoms with Gasteiger partial charge in [-0.05, 0) is 42.2 Å². The molecule has 0 aliphatic heterocycles. The zero-order valence-corrected chi connectivity index (χ0v) is 18.8. The summed E-state index contributed by atoms with van der Waals surface area (Å²) in [5.74, 6) is 0.195. The van der Waals surface area contributed by atoms with E-state index in [4.69, 9.17) is 4.42 Å². The Morgan fingerprint density at radius 1 is 1.09 bits per heavy atom. The standard InChI is InChI=1S/C24H27F3N4O2/c1-16(2)17(3)31(13-19-5-4-6-20(11-19)24(25,26)27)14-22-30-21(15-33-22)23(32)29-12-18-7-9-28-10-8-18/h4-11,15-17H,12-14H2,1-3H3,(H,29,32)/t17-/m1/s1. The number of halogens is 3. The third kappa shape index (κ3) is 6.89. The highest BCUT2D eigenvalue weighted by Crippen LogP contribution is 2.30. The van der Waals surface area contributed by atoms with Crippen LogP contribution in [-0.4, -0.2) is 26.8 Å². The molecule has 33 heavy (non-hydrogen) atoms. The molecule has 1 aromatic carbocycles. The Bertz CT molecular complexity index is 1050. The number of hydrogen-bond acceptors (Lipinski definition) is 5. The molecule has 0 aliphatic carbocycles. The SMILES string of the molecule is CC(C)[C@@H](C)N(Cc1cccc(C(F)(F)F)c1)Cc1nc(C(=O)NCc2ccncc2)co1. The van der Waals surface area contributed by atoms with Gasteiger partial charge >= 0.3 is 6.18 Å². The molecule has 0 spiro atoms. The molecule has 0 saturated carbocycles. The van der Waals surface area contributed by atoms with Crippen molar-refractivity contribution in [2.24, 2.45) is 5.92 Å². The lowest BCUT2D eigenvalue weighted by atomic mass is 10.0. The van der Waals surface area contributed by atoms with Crippen molar-refractivity contribution >= 4 is 5.91 Å². The van der Waals surface area contributed by atoms with Gasteiger partial charge in [0.2, 0.25) is 5.89 Å². The average molecular weight is 461 g/mol. The predicted molar refractivity (Wildman–Crippen MR) is 117 cm³/mol. The second-order valence-electron chi connectivity index (χ2n) is 8.25. The highest BCUT2D eigenvalue weighted by molar-refractivity contribution is 5.91. The summed E-state index contributed by atoms with van der Waals surface area (Å²) < 4.78 is 44.8. The molecule has 0 fully saturated rings. The number of carbonyl (C=O) groups is 1. The topological polar surface area (TPSA) is 71.3 Å². The minimum atomic E-state index is -4.40. The van der Waals surface area contributed by atoms with E-state index in [1.165, 1.54) is 12.3 Å². The number of hydrogen-bond donors (Lipinski definition) is 1. The van der Waals surface area contributed by atoms with Gasteiger partial charge in [0.1, 0.15) is 6.26 Å². The van der Waals surface area contributed by atoms with Gasteiger partial charge in [-0.25, -0.2) is 4.98 Å². The molecule has 0 bridgehead atoms. The second-order valence-corrected chi connectivity index (χ2v) is 8.25. The molecule has 0 saturated heterocycles. The van der Waals surface area contributed by atoms with E-state index in [-0.39, 0.29) is 36.7 Å². The summed E-state index contributed by atoms with van der Waals surface area (Å²) in [7, 11) is 0. The van der Waals surface area contributed by atoms with Crippen LogP contribution in [0.5, 0.6) is 0 Å². The summed E-state index contributed by atoms with van der Waals surface area (Å²) in [5, 5.41) is 2.77. The number of nitrogens with zero attached hydrogens (tertiary/aromatic N) is 3. The minimum Gasteiger partial charge on any atom is -0.447 e. The normalized spacial score (nSPS) is 12.8. The van der Waals surface area contributed by atoms with E-state index in [0.29, 0.717) is 18.0 Å². The molecule has 176 valence electrons. The summed E-state index contributed by atoms with van der Waals surface area (Å²) in [4.78, 5) is 22.6. The van der Waals surface area contributed by atoms with E-state index in [9.17, 15) is 18.0 Å². The molecule has 1 N–H and O–H groups in total. The van der Waals surface area contributed by atoms with Crippen LogP contribution in [0.15, 0.2) is 59.5 Å². The van der Waals surface area contributed by atoms with Gasteiger partial charge < -0.3 is 9.73 Å². The Morgan fingerprint density at radius 3 is 2.48 bits per heavy atom. The summed E-state index contributed by atoms with van der Waals surface area (Å²) in [5.41, 5.74) is 0.913. The molecule has 0 unspecified atom stereocenters. The van der Waals surface area contributed by atoms with Gasteiger partial charge in [-0.1, -0.05) is 32.0 Å². The molecule has 1 amide bonds. The fourth-order valence-corrected chi connectivity index (χ4v) is 3.28. The summed E-state index contributed by atoms with van der Waals surface area (Å²) in [6.07, 6.45) is 0.181. The van der Waals surface area contributed by atoms with E-state index < -0.39 is 11.7 Å². The minimum absolute atomic E-state index is 0.0374. The zero-order chi connectivity index (χ0) is 24.0. The van der Waals surface area contributed by atoms with Crippen molar-refractivity contribution in [2.75, 3.05) is 0 Å². The zero-order valence-electron chi connectivity index (χ0n) is 18.8. The predicted octanol–water partition coefficient (Wildman–Crippen LogP) is 5.07. The highest BCUT2D eigenvalue weighted by atomic mass is 19.4. The number of alkyl halides is 3. The van der Waals surface area contributed by atoms with Crippen LogP contribution < -0.4 is 5.32 Å². The highest BCUT2D eigenvalue weighted by Gasteiger charge is 2.30. The number of oxazole rings is 1. The van der Waals surface area contributed by atoms with Gasteiger partial charge in [0, 0.05) is 31.5 Å². The van der Waals surface area contributed by atoms with Gasteiger partial charge in [-0.2, -0.15) is 13.2 Å². The maximum absolute atomic E-state index is 13.1. The molecular weight excluding hydrogens is 433 g/mol. The van der Waals surface area contributed by atoms with Crippen molar-refractivity contribution in [3.05, 3.63) is 83.3 Å². The third-order valence-electron chi connectivity index (χ3n) is 5.51. The number of carbonyl (C=O) groups excluding carboxylic acids is 1. The first-order valence-electron chi connectivity index (χ1n) is 10.6. The van der Waals surface area contributed by atoms with Gasteiger partial charge in [-0.3, -0.25) is 14.7 Å². The second kappa shape index (κ2) is 10.6. The summed E-state index contributed by atoms with van der Waals surface area (Å²) in [6.45, 7) is 6.95. The van der Waals surface area contributed by atoms with Crippen molar-refractivity contribution < 1.29 is 22.4 Å². The molecule has 3 aromatic rings. The Labute approximate surface area is 190 Å².